The summed E-state index contributed by atoms with van der Waals surface area (Å²) in [7, 11) is 1.36. The Balaban J connectivity index is 2.08. The minimum atomic E-state index is -0.390. The van der Waals surface area contributed by atoms with Gasteiger partial charge in [0.2, 0.25) is 0 Å². The van der Waals surface area contributed by atoms with Crippen LogP contribution in [0.2, 0.25) is 0 Å². The number of benzene rings is 2. The van der Waals surface area contributed by atoms with Crippen LogP contribution in [0, 0.1) is 36.5 Å². The molecule has 0 fully saturated rings. The molecule has 29 heavy (non-hydrogen) atoms. The zero-order valence-electron chi connectivity index (χ0n) is 16.4. The molecule has 0 saturated heterocycles. The van der Waals surface area contributed by atoms with Gasteiger partial charge >= 0.3 is 5.97 Å². The lowest BCUT2D eigenvalue weighted by Crippen LogP contribution is -2.04. The molecule has 2 aromatic carbocycles. The van der Waals surface area contributed by atoms with Gasteiger partial charge < -0.3 is 9.30 Å². The van der Waals surface area contributed by atoms with E-state index in [1.165, 1.54) is 7.11 Å². The zero-order valence-corrected chi connectivity index (χ0v) is 16.4. The second kappa shape index (κ2) is 8.29. The van der Waals surface area contributed by atoms with E-state index in [4.69, 9.17) is 10.00 Å². The molecule has 0 N–H and O–H groups in total. The molecule has 0 atom stereocenters. The number of rotatable bonds is 4. The molecule has 0 bridgehead atoms. The summed E-state index contributed by atoms with van der Waals surface area (Å²) in [6, 6.07) is 20.5. The van der Waals surface area contributed by atoms with Gasteiger partial charge in [-0.05, 0) is 67.4 Å². The average molecular weight is 381 g/mol. The van der Waals surface area contributed by atoms with Gasteiger partial charge in [-0.15, -0.1) is 0 Å². The summed E-state index contributed by atoms with van der Waals surface area (Å²) < 4.78 is 6.84. The highest BCUT2D eigenvalue weighted by Gasteiger charge is 2.13. The summed E-state index contributed by atoms with van der Waals surface area (Å²) in [6.45, 7) is 3.93. The van der Waals surface area contributed by atoms with E-state index in [0.717, 1.165) is 22.6 Å². The van der Waals surface area contributed by atoms with Crippen molar-refractivity contribution in [2.75, 3.05) is 7.11 Å². The number of nitriles is 2. The number of esters is 1. The van der Waals surface area contributed by atoms with E-state index < -0.39 is 5.97 Å². The number of methoxy groups -OCH3 is 1. The number of carbonyl (C=O) groups excluding carboxylic acids is 1. The summed E-state index contributed by atoms with van der Waals surface area (Å²) in [5, 5.41) is 18.8. The third kappa shape index (κ3) is 3.95. The fraction of sp³-hybridized carbons (Fsp3) is 0.125. The lowest BCUT2D eigenvalue weighted by molar-refractivity contribution is 0.0600. The van der Waals surface area contributed by atoms with Crippen LogP contribution in [0.3, 0.4) is 0 Å². The molecule has 0 aliphatic heterocycles. The maximum absolute atomic E-state index is 11.9. The Morgan fingerprint density at radius 3 is 2.45 bits per heavy atom. The van der Waals surface area contributed by atoms with Gasteiger partial charge in [0.05, 0.1) is 35.9 Å². The second-order valence-corrected chi connectivity index (χ2v) is 6.57. The molecule has 142 valence electrons. The van der Waals surface area contributed by atoms with Crippen LogP contribution in [0.25, 0.3) is 17.3 Å². The number of ether oxygens (including phenoxy) is 1. The van der Waals surface area contributed by atoms with Gasteiger partial charge in [0.25, 0.3) is 0 Å². The van der Waals surface area contributed by atoms with E-state index in [9.17, 15) is 10.1 Å². The highest BCUT2D eigenvalue weighted by molar-refractivity contribution is 5.91. The van der Waals surface area contributed by atoms with Crippen molar-refractivity contribution in [3.05, 3.63) is 88.2 Å². The Bertz CT molecular complexity index is 1200. The van der Waals surface area contributed by atoms with E-state index in [0.29, 0.717) is 22.3 Å². The van der Waals surface area contributed by atoms with Gasteiger partial charge in [-0.2, -0.15) is 10.5 Å². The lowest BCUT2D eigenvalue weighted by atomic mass is 10.0. The van der Waals surface area contributed by atoms with Crippen LogP contribution in [0.1, 0.15) is 38.4 Å². The Kier molecular flexibility index (Phi) is 5.62. The average Bonchev–Trinajstić information content (AvgIpc) is 3.04. The molecule has 3 rings (SSSR count). The lowest BCUT2D eigenvalue weighted by Gasteiger charge is -2.11. The van der Waals surface area contributed by atoms with E-state index in [2.05, 4.69) is 12.1 Å². The van der Waals surface area contributed by atoms with Gasteiger partial charge in [-0.25, -0.2) is 4.79 Å². The molecule has 0 unspecified atom stereocenters. The Hall–Kier alpha value is -4.09. The molecular weight excluding hydrogens is 362 g/mol. The fourth-order valence-corrected chi connectivity index (χ4v) is 3.31. The van der Waals surface area contributed by atoms with Gasteiger partial charge in [0.15, 0.2) is 0 Å². The van der Waals surface area contributed by atoms with Crippen molar-refractivity contribution < 1.29 is 9.53 Å². The minimum absolute atomic E-state index is 0.390. The highest BCUT2D eigenvalue weighted by atomic mass is 16.5. The molecule has 3 aromatic rings. The van der Waals surface area contributed by atoms with Crippen LogP contribution in [0.15, 0.2) is 54.6 Å². The molecular formula is C24H19N3O2. The molecule has 0 saturated carbocycles. The first kappa shape index (κ1) is 19.7. The predicted molar refractivity (Wildman–Crippen MR) is 111 cm³/mol. The van der Waals surface area contributed by atoms with Crippen molar-refractivity contribution in [3.8, 4) is 17.8 Å². The Morgan fingerprint density at radius 1 is 1.03 bits per heavy atom. The molecule has 0 radical (unpaired) electrons. The first-order valence-corrected chi connectivity index (χ1v) is 8.98. The normalized spacial score (nSPS) is 10.9. The third-order valence-corrected chi connectivity index (χ3v) is 4.72. The van der Waals surface area contributed by atoms with E-state index in [1.807, 2.05) is 48.8 Å². The maximum Gasteiger partial charge on any atom is 0.337 e. The second-order valence-electron chi connectivity index (χ2n) is 6.57. The Labute approximate surface area is 169 Å². The quantitative estimate of drug-likeness (QED) is 0.479. The molecule has 1 heterocycles. The van der Waals surface area contributed by atoms with Crippen molar-refractivity contribution in [3.63, 3.8) is 0 Å². The minimum Gasteiger partial charge on any atom is -0.465 e. The number of carbonyl (C=O) groups is 1. The number of hydrogen-bond donors (Lipinski definition) is 0. The largest absolute Gasteiger partial charge is 0.465 e. The SMILES string of the molecule is COC(=O)c1cccc(-n2c(C)cc(/C=C(/C#N)c3cccc(C#N)c3)c2C)c1. The topological polar surface area (TPSA) is 78.8 Å². The summed E-state index contributed by atoms with van der Waals surface area (Å²) >= 11 is 0. The van der Waals surface area contributed by atoms with Crippen molar-refractivity contribution in [2.45, 2.75) is 13.8 Å². The Morgan fingerprint density at radius 2 is 1.76 bits per heavy atom. The molecule has 0 spiro atoms. The summed E-state index contributed by atoms with van der Waals surface area (Å²) in [4.78, 5) is 11.9. The molecule has 1 aromatic heterocycles. The van der Waals surface area contributed by atoms with Crippen LogP contribution < -0.4 is 0 Å². The van der Waals surface area contributed by atoms with Crippen molar-refractivity contribution >= 4 is 17.6 Å². The smallest absolute Gasteiger partial charge is 0.337 e. The van der Waals surface area contributed by atoms with Gasteiger partial charge in [0, 0.05) is 17.1 Å². The van der Waals surface area contributed by atoms with Crippen LogP contribution in [-0.2, 0) is 4.74 Å². The maximum atomic E-state index is 11.9. The van der Waals surface area contributed by atoms with E-state index in [1.54, 1.807) is 30.3 Å². The van der Waals surface area contributed by atoms with Crippen LogP contribution in [-0.4, -0.2) is 17.6 Å². The van der Waals surface area contributed by atoms with E-state index >= 15 is 0 Å². The first-order chi connectivity index (χ1) is 14.0. The van der Waals surface area contributed by atoms with Crippen LogP contribution >= 0.6 is 0 Å². The number of aromatic nitrogens is 1. The third-order valence-electron chi connectivity index (χ3n) is 4.72. The summed E-state index contributed by atoms with van der Waals surface area (Å²) in [6.07, 6.45) is 1.82. The molecule has 5 heteroatoms. The van der Waals surface area contributed by atoms with Crippen molar-refractivity contribution in [2.24, 2.45) is 0 Å². The molecule has 0 aliphatic carbocycles. The van der Waals surface area contributed by atoms with Crippen LogP contribution in [0.5, 0.6) is 0 Å². The standard InChI is InChI=1S/C24H19N3O2/c1-16-10-21(12-22(15-26)19-7-4-6-18(11-19)14-25)17(2)27(16)23-9-5-8-20(13-23)24(28)29-3/h4-13H,1-3H3/b22-12-. The number of allylic oxidation sites excluding steroid dienone is 1. The van der Waals surface area contributed by atoms with Crippen molar-refractivity contribution in [1.82, 2.24) is 4.57 Å². The first-order valence-electron chi connectivity index (χ1n) is 8.98. The van der Waals surface area contributed by atoms with Gasteiger partial charge in [-0.3, -0.25) is 0 Å². The van der Waals surface area contributed by atoms with Crippen LogP contribution in [0.4, 0.5) is 0 Å². The predicted octanol–water partition coefficient (Wildman–Crippen LogP) is 4.82. The number of aryl methyl sites for hydroxylation is 1. The van der Waals surface area contributed by atoms with E-state index in [-0.39, 0.29) is 0 Å². The monoisotopic (exact) mass is 381 g/mol. The summed E-state index contributed by atoms with van der Waals surface area (Å²) in [5.41, 5.74) is 5.80. The van der Waals surface area contributed by atoms with Gasteiger partial charge in [0.1, 0.15) is 0 Å². The number of nitrogens with zero attached hydrogens (tertiary/aromatic N) is 3. The van der Waals surface area contributed by atoms with Gasteiger partial charge in [-0.1, -0.05) is 18.2 Å². The highest BCUT2D eigenvalue weighted by Crippen LogP contribution is 2.26. The molecule has 5 nitrogen and oxygen atoms in total. The molecule has 0 aliphatic rings. The number of hydrogen-bond acceptors (Lipinski definition) is 4. The van der Waals surface area contributed by atoms with Crippen molar-refractivity contribution in [1.29, 1.82) is 10.5 Å². The summed E-state index contributed by atoms with van der Waals surface area (Å²) in [5.74, 6) is -0.390. The fourth-order valence-electron chi connectivity index (χ4n) is 3.31. The molecule has 0 amide bonds. The zero-order chi connectivity index (χ0) is 21.0.